The van der Waals surface area contributed by atoms with E-state index in [2.05, 4.69) is 34.4 Å². The number of hydrogen-bond donors (Lipinski definition) is 3. The molecule has 8 nitrogen and oxygen atoms in total. The highest BCUT2D eigenvalue weighted by molar-refractivity contribution is 6.09. The highest BCUT2D eigenvalue weighted by Gasteiger charge is 2.51. The third-order valence-corrected chi connectivity index (χ3v) is 6.03. The van der Waals surface area contributed by atoms with Gasteiger partial charge in [0.2, 0.25) is 5.91 Å². The number of benzene rings is 1. The van der Waals surface area contributed by atoms with E-state index in [1.165, 1.54) is 0 Å². The molecule has 4 amide bonds. The Morgan fingerprint density at radius 2 is 1.93 bits per heavy atom. The van der Waals surface area contributed by atoms with Crippen LogP contribution in [0.3, 0.4) is 0 Å². The summed E-state index contributed by atoms with van der Waals surface area (Å²) in [5.41, 5.74) is 0.929. The molecule has 1 aliphatic carbocycles. The Kier molecular flexibility index (Phi) is 5.49. The quantitative estimate of drug-likeness (QED) is 0.635. The summed E-state index contributed by atoms with van der Waals surface area (Å²) in [4.78, 5) is 47.1. The van der Waals surface area contributed by atoms with Crippen LogP contribution in [0.2, 0.25) is 0 Å². The van der Waals surface area contributed by atoms with E-state index in [0.717, 1.165) is 35.2 Å². The lowest BCUT2D eigenvalue weighted by atomic mass is 9.82. The third kappa shape index (κ3) is 3.91. The molecule has 2 fully saturated rings. The first-order valence-electron chi connectivity index (χ1n) is 10.8. The van der Waals surface area contributed by atoms with Crippen LogP contribution in [0, 0.1) is 5.92 Å². The van der Waals surface area contributed by atoms with E-state index in [1.54, 1.807) is 0 Å². The second-order valence-electron chi connectivity index (χ2n) is 8.85. The second-order valence-corrected chi connectivity index (χ2v) is 8.85. The predicted octanol–water partition coefficient (Wildman–Crippen LogP) is 3.02. The number of imide groups is 1. The summed E-state index contributed by atoms with van der Waals surface area (Å²) in [6.07, 6.45) is 4.87. The molecule has 8 heteroatoms. The van der Waals surface area contributed by atoms with Gasteiger partial charge in [-0.05, 0) is 37.3 Å². The zero-order chi connectivity index (χ0) is 21.3. The Labute approximate surface area is 175 Å². The van der Waals surface area contributed by atoms with Gasteiger partial charge in [0, 0.05) is 0 Å². The van der Waals surface area contributed by atoms with Gasteiger partial charge in [0.25, 0.3) is 5.91 Å². The summed E-state index contributed by atoms with van der Waals surface area (Å²) in [5.74, 6) is 0.369. The first-order chi connectivity index (χ1) is 14.4. The van der Waals surface area contributed by atoms with E-state index in [4.69, 9.17) is 0 Å². The molecule has 1 aliphatic heterocycles. The second kappa shape index (κ2) is 8.08. The number of nitrogens with zero attached hydrogens (tertiary/aromatic N) is 2. The molecule has 0 radical (unpaired) electrons. The Bertz CT molecular complexity index is 928. The van der Waals surface area contributed by atoms with Crippen molar-refractivity contribution in [3.05, 3.63) is 30.1 Å². The third-order valence-electron chi connectivity index (χ3n) is 6.03. The first-order valence-corrected chi connectivity index (χ1v) is 10.8. The fraction of sp³-hybridized carbons (Fsp3) is 0.545. The van der Waals surface area contributed by atoms with Gasteiger partial charge in [0.1, 0.15) is 17.9 Å². The summed E-state index contributed by atoms with van der Waals surface area (Å²) in [5, 5.41) is 5.83. The van der Waals surface area contributed by atoms with Crippen LogP contribution in [-0.2, 0) is 9.59 Å². The highest BCUT2D eigenvalue weighted by Crippen LogP contribution is 2.33. The predicted molar refractivity (Wildman–Crippen MR) is 112 cm³/mol. The Hall–Kier alpha value is -2.90. The number of rotatable bonds is 6. The Morgan fingerprint density at radius 3 is 2.63 bits per heavy atom. The lowest BCUT2D eigenvalue weighted by molar-refractivity contribution is -0.136. The maximum absolute atomic E-state index is 12.9. The van der Waals surface area contributed by atoms with Gasteiger partial charge < -0.3 is 15.6 Å². The van der Waals surface area contributed by atoms with Crippen molar-refractivity contribution < 1.29 is 14.4 Å². The largest absolute Gasteiger partial charge is 0.345 e. The summed E-state index contributed by atoms with van der Waals surface area (Å²) in [6.45, 7) is 3.87. The molecule has 30 heavy (non-hydrogen) atoms. The molecule has 4 rings (SSSR count). The fourth-order valence-corrected chi connectivity index (χ4v) is 4.55. The van der Waals surface area contributed by atoms with Crippen LogP contribution in [0.15, 0.2) is 24.3 Å². The van der Waals surface area contributed by atoms with E-state index in [9.17, 15) is 14.4 Å². The standard InChI is InChI=1S/C22H29N5O3/c1-14(2)12-17(19-24-15-8-4-5-9-16(15)25-19)23-18(28)13-27-20(29)22(26-21(27)30)10-6-3-7-11-22/h4-5,8-9,14,17H,3,6-7,10-13H2,1-2H3,(H,23,28)(H,24,25)(H,26,30). The fourth-order valence-electron chi connectivity index (χ4n) is 4.55. The number of hydrogen-bond acceptors (Lipinski definition) is 4. The molecule has 160 valence electrons. The van der Waals surface area contributed by atoms with Crippen molar-refractivity contribution in [2.24, 2.45) is 5.92 Å². The van der Waals surface area contributed by atoms with Gasteiger partial charge in [-0.1, -0.05) is 45.2 Å². The van der Waals surface area contributed by atoms with Gasteiger partial charge in [-0.25, -0.2) is 9.78 Å². The summed E-state index contributed by atoms with van der Waals surface area (Å²) >= 11 is 0. The van der Waals surface area contributed by atoms with Gasteiger partial charge in [-0.15, -0.1) is 0 Å². The van der Waals surface area contributed by atoms with Crippen molar-refractivity contribution in [3.63, 3.8) is 0 Å². The van der Waals surface area contributed by atoms with Crippen molar-refractivity contribution in [1.29, 1.82) is 0 Å². The van der Waals surface area contributed by atoms with Crippen LogP contribution in [0.1, 0.15) is 64.2 Å². The zero-order valence-electron chi connectivity index (χ0n) is 17.5. The number of imidazole rings is 1. The molecule has 1 aromatic heterocycles. The maximum atomic E-state index is 12.9. The molecule has 1 saturated heterocycles. The minimum Gasteiger partial charge on any atom is -0.345 e. The summed E-state index contributed by atoms with van der Waals surface area (Å²) in [7, 11) is 0. The molecule has 2 aliphatic rings. The number of carbonyl (C=O) groups excluding carboxylic acids is 3. The zero-order valence-corrected chi connectivity index (χ0v) is 17.5. The SMILES string of the molecule is CC(C)CC(NC(=O)CN1C(=O)NC2(CCCCC2)C1=O)c1nc2ccccc2[nH]1. The van der Waals surface area contributed by atoms with Gasteiger partial charge >= 0.3 is 6.03 Å². The van der Waals surface area contributed by atoms with Gasteiger partial charge in [0.05, 0.1) is 17.1 Å². The normalized spacial score (nSPS) is 19.5. The Balaban J connectivity index is 1.47. The van der Waals surface area contributed by atoms with Crippen molar-refractivity contribution in [3.8, 4) is 0 Å². The number of nitrogens with one attached hydrogen (secondary N) is 3. The molecular weight excluding hydrogens is 382 g/mol. The van der Waals surface area contributed by atoms with E-state index in [-0.39, 0.29) is 24.4 Å². The van der Waals surface area contributed by atoms with Crippen LogP contribution in [0.25, 0.3) is 11.0 Å². The first kappa shape index (κ1) is 20.4. The van der Waals surface area contributed by atoms with E-state index < -0.39 is 11.6 Å². The molecule has 2 heterocycles. The minimum absolute atomic E-state index is 0.272. The average molecular weight is 412 g/mol. The number of aromatic amines is 1. The number of carbonyl (C=O) groups is 3. The molecule has 3 N–H and O–H groups in total. The lowest BCUT2D eigenvalue weighted by Gasteiger charge is -2.30. The molecule has 1 spiro atoms. The molecular formula is C22H29N5O3. The smallest absolute Gasteiger partial charge is 0.325 e. The molecule has 0 bridgehead atoms. The summed E-state index contributed by atoms with van der Waals surface area (Å²) < 4.78 is 0. The van der Waals surface area contributed by atoms with Crippen LogP contribution in [-0.4, -0.2) is 44.8 Å². The highest BCUT2D eigenvalue weighted by atomic mass is 16.2. The maximum Gasteiger partial charge on any atom is 0.325 e. The average Bonchev–Trinajstić information content (AvgIpc) is 3.23. The number of para-hydroxylation sites is 2. The molecule has 1 aromatic carbocycles. The molecule has 1 atom stereocenters. The number of fused-ring (bicyclic) bond motifs is 1. The lowest BCUT2D eigenvalue weighted by Crippen LogP contribution is -2.49. The van der Waals surface area contributed by atoms with Crippen LogP contribution in [0.4, 0.5) is 4.79 Å². The summed E-state index contributed by atoms with van der Waals surface area (Å²) in [6, 6.07) is 6.91. The van der Waals surface area contributed by atoms with Gasteiger partial charge in [0.15, 0.2) is 0 Å². The molecule has 2 aromatic rings. The Morgan fingerprint density at radius 1 is 1.20 bits per heavy atom. The van der Waals surface area contributed by atoms with E-state index in [1.807, 2.05) is 24.3 Å². The topological polar surface area (TPSA) is 107 Å². The van der Waals surface area contributed by atoms with E-state index in [0.29, 0.717) is 31.0 Å². The van der Waals surface area contributed by atoms with Gasteiger partial charge in [-0.3, -0.25) is 14.5 Å². The van der Waals surface area contributed by atoms with Crippen molar-refractivity contribution in [2.75, 3.05) is 6.54 Å². The van der Waals surface area contributed by atoms with Crippen LogP contribution in [0.5, 0.6) is 0 Å². The molecule has 1 saturated carbocycles. The molecule has 1 unspecified atom stereocenters. The van der Waals surface area contributed by atoms with Crippen LogP contribution >= 0.6 is 0 Å². The van der Waals surface area contributed by atoms with E-state index >= 15 is 0 Å². The monoisotopic (exact) mass is 411 g/mol. The number of aromatic nitrogens is 2. The van der Waals surface area contributed by atoms with Crippen LogP contribution < -0.4 is 10.6 Å². The van der Waals surface area contributed by atoms with Crippen molar-refractivity contribution in [1.82, 2.24) is 25.5 Å². The number of H-pyrrole nitrogens is 1. The minimum atomic E-state index is -0.814. The van der Waals surface area contributed by atoms with Crippen molar-refractivity contribution in [2.45, 2.75) is 64.0 Å². The number of amides is 4. The number of urea groups is 1. The van der Waals surface area contributed by atoms with Gasteiger partial charge in [-0.2, -0.15) is 0 Å². The van der Waals surface area contributed by atoms with Crippen molar-refractivity contribution >= 4 is 28.9 Å².